The molecule has 1 aliphatic rings. The van der Waals surface area contributed by atoms with E-state index in [-0.39, 0.29) is 23.0 Å². The summed E-state index contributed by atoms with van der Waals surface area (Å²) in [4.78, 5) is 27.8. The highest BCUT2D eigenvalue weighted by Crippen LogP contribution is 2.22. The third-order valence-electron chi connectivity index (χ3n) is 3.06. The van der Waals surface area contributed by atoms with Crippen LogP contribution < -0.4 is 5.73 Å². The number of hydrogen-bond donors (Lipinski definition) is 1. The van der Waals surface area contributed by atoms with Crippen molar-refractivity contribution in [1.29, 1.82) is 0 Å². The summed E-state index contributed by atoms with van der Waals surface area (Å²) in [6, 6.07) is 1.16. The molecule has 1 amide bonds. The van der Waals surface area contributed by atoms with Gasteiger partial charge in [-0.15, -0.1) is 0 Å². The summed E-state index contributed by atoms with van der Waals surface area (Å²) in [7, 11) is 0. The number of nitrogens with two attached hydrogens (primary N) is 1. The number of nitrogen functional groups attached to an aromatic ring is 1. The zero-order valence-electron chi connectivity index (χ0n) is 11.3. The molecule has 0 bridgehead atoms. The molecular weight excluding hydrogens is 264 g/mol. The summed E-state index contributed by atoms with van der Waals surface area (Å²) in [5, 5.41) is 10.7. The normalized spacial score (nSPS) is 17.8. The van der Waals surface area contributed by atoms with Crippen molar-refractivity contribution in [3.8, 4) is 0 Å². The van der Waals surface area contributed by atoms with E-state index in [9.17, 15) is 14.9 Å². The van der Waals surface area contributed by atoms with Gasteiger partial charge in [0, 0.05) is 19.2 Å². The van der Waals surface area contributed by atoms with E-state index < -0.39 is 10.5 Å². The molecule has 1 aliphatic heterocycles. The second-order valence-electron chi connectivity index (χ2n) is 5.22. The lowest BCUT2D eigenvalue weighted by molar-refractivity contribution is -0.385. The van der Waals surface area contributed by atoms with Gasteiger partial charge >= 0.3 is 0 Å². The molecular formula is C12H16N4O4. The first-order valence-electron chi connectivity index (χ1n) is 6.13. The van der Waals surface area contributed by atoms with E-state index in [0.717, 1.165) is 12.3 Å². The summed E-state index contributed by atoms with van der Waals surface area (Å²) in [6.45, 7) is 4.99. The number of aromatic nitrogens is 1. The Kier molecular flexibility index (Phi) is 3.58. The van der Waals surface area contributed by atoms with Crippen molar-refractivity contribution in [2.45, 2.75) is 19.4 Å². The van der Waals surface area contributed by atoms with Gasteiger partial charge in [0.15, 0.2) is 0 Å². The van der Waals surface area contributed by atoms with E-state index in [1.807, 2.05) is 13.8 Å². The maximum absolute atomic E-state index is 12.4. The van der Waals surface area contributed by atoms with Gasteiger partial charge in [0.05, 0.1) is 22.7 Å². The molecule has 1 saturated heterocycles. The van der Waals surface area contributed by atoms with E-state index in [2.05, 4.69) is 4.98 Å². The summed E-state index contributed by atoms with van der Waals surface area (Å²) < 4.78 is 5.52. The van der Waals surface area contributed by atoms with E-state index in [1.165, 1.54) is 0 Å². The van der Waals surface area contributed by atoms with Crippen LogP contribution in [0.2, 0.25) is 0 Å². The van der Waals surface area contributed by atoms with Crippen LogP contribution in [0.5, 0.6) is 0 Å². The van der Waals surface area contributed by atoms with Crippen LogP contribution in [-0.2, 0) is 4.74 Å². The van der Waals surface area contributed by atoms with Crippen molar-refractivity contribution in [2.75, 3.05) is 25.4 Å². The average Bonchev–Trinajstić information content (AvgIpc) is 2.37. The van der Waals surface area contributed by atoms with E-state index >= 15 is 0 Å². The van der Waals surface area contributed by atoms with Crippen LogP contribution in [0, 0.1) is 10.1 Å². The molecule has 2 N–H and O–H groups in total. The molecule has 0 aliphatic carbocycles. The van der Waals surface area contributed by atoms with E-state index in [1.54, 1.807) is 4.90 Å². The van der Waals surface area contributed by atoms with Gasteiger partial charge in [-0.3, -0.25) is 14.9 Å². The largest absolute Gasteiger partial charge is 0.383 e. The van der Waals surface area contributed by atoms with E-state index in [0.29, 0.717) is 19.7 Å². The fraction of sp³-hybridized carbons (Fsp3) is 0.500. The number of rotatable bonds is 2. The molecule has 2 heterocycles. The first-order chi connectivity index (χ1) is 9.30. The number of hydrogen-bond acceptors (Lipinski definition) is 6. The van der Waals surface area contributed by atoms with Crippen molar-refractivity contribution >= 4 is 17.4 Å². The predicted octanol–water partition coefficient (Wildman–Crippen LogP) is 0.823. The Hall–Kier alpha value is -2.22. The standard InChI is InChI=1S/C12H16N4O4/c1-12(2)7-15(3-4-20-12)11(17)9-5-8(16(18)19)6-14-10(9)13/h5-6H,3-4,7H2,1-2H3,(H2,13,14). The van der Waals surface area contributed by atoms with Gasteiger partial charge in [-0.25, -0.2) is 4.98 Å². The van der Waals surface area contributed by atoms with Crippen LogP contribution in [0.25, 0.3) is 0 Å². The maximum atomic E-state index is 12.4. The smallest absolute Gasteiger partial charge is 0.288 e. The molecule has 0 radical (unpaired) electrons. The SMILES string of the molecule is CC1(C)CN(C(=O)c2cc([N+](=O)[O-])cnc2N)CCO1. The number of carbonyl (C=O) groups excluding carboxylic acids is 1. The van der Waals surface area contributed by atoms with Gasteiger partial charge in [0.25, 0.3) is 11.6 Å². The Morgan fingerprint density at radius 2 is 2.30 bits per heavy atom. The number of pyridine rings is 1. The lowest BCUT2D eigenvalue weighted by atomic mass is 10.1. The molecule has 0 unspecified atom stereocenters. The highest BCUT2D eigenvalue weighted by Gasteiger charge is 2.31. The summed E-state index contributed by atoms with van der Waals surface area (Å²) in [6.07, 6.45) is 1.04. The molecule has 0 atom stereocenters. The quantitative estimate of drug-likeness (QED) is 0.634. The second-order valence-corrected chi connectivity index (χ2v) is 5.22. The number of amides is 1. The second kappa shape index (κ2) is 5.04. The molecule has 20 heavy (non-hydrogen) atoms. The molecule has 1 fully saturated rings. The highest BCUT2D eigenvalue weighted by atomic mass is 16.6. The number of ether oxygens (including phenoxy) is 1. The summed E-state index contributed by atoms with van der Waals surface area (Å²) in [5.41, 5.74) is 5.00. The third kappa shape index (κ3) is 2.85. The van der Waals surface area contributed by atoms with Gasteiger partial charge in [-0.1, -0.05) is 0 Å². The van der Waals surface area contributed by atoms with Crippen molar-refractivity contribution in [3.05, 3.63) is 27.9 Å². The van der Waals surface area contributed by atoms with Crippen LogP contribution in [0.4, 0.5) is 11.5 Å². The zero-order valence-corrected chi connectivity index (χ0v) is 11.3. The molecule has 0 aromatic carbocycles. The molecule has 8 heteroatoms. The predicted molar refractivity (Wildman–Crippen MR) is 71.2 cm³/mol. The molecule has 8 nitrogen and oxygen atoms in total. The number of anilines is 1. The van der Waals surface area contributed by atoms with Crippen LogP contribution in [0.1, 0.15) is 24.2 Å². The Balaban J connectivity index is 2.29. The summed E-state index contributed by atoms with van der Waals surface area (Å²) >= 11 is 0. The van der Waals surface area contributed by atoms with Crippen molar-refractivity contribution in [1.82, 2.24) is 9.88 Å². The minimum atomic E-state index is -0.605. The minimum Gasteiger partial charge on any atom is -0.383 e. The highest BCUT2D eigenvalue weighted by molar-refractivity contribution is 5.99. The lowest BCUT2D eigenvalue weighted by Gasteiger charge is -2.38. The Labute approximate surface area is 115 Å². The Morgan fingerprint density at radius 3 is 2.90 bits per heavy atom. The van der Waals surface area contributed by atoms with Crippen molar-refractivity contribution < 1.29 is 14.5 Å². The maximum Gasteiger partial charge on any atom is 0.288 e. The molecule has 0 saturated carbocycles. The van der Waals surface area contributed by atoms with Gasteiger partial charge < -0.3 is 15.4 Å². The molecule has 1 aromatic rings. The fourth-order valence-electron chi connectivity index (χ4n) is 2.10. The molecule has 1 aromatic heterocycles. The molecule has 108 valence electrons. The lowest BCUT2D eigenvalue weighted by Crippen LogP contribution is -2.50. The van der Waals surface area contributed by atoms with Gasteiger partial charge in [-0.2, -0.15) is 0 Å². The number of nitrogens with zero attached hydrogens (tertiary/aromatic N) is 3. The van der Waals surface area contributed by atoms with Gasteiger partial charge in [-0.05, 0) is 13.8 Å². The van der Waals surface area contributed by atoms with Crippen LogP contribution in [0.3, 0.4) is 0 Å². The monoisotopic (exact) mass is 280 g/mol. The molecule has 0 spiro atoms. The number of carbonyl (C=O) groups is 1. The summed E-state index contributed by atoms with van der Waals surface area (Å²) in [5.74, 6) is -0.375. The number of nitro groups is 1. The van der Waals surface area contributed by atoms with Gasteiger partial charge in [0.2, 0.25) is 0 Å². The minimum absolute atomic E-state index is 0.00935. The van der Waals surface area contributed by atoms with Crippen LogP contribution >= 0.6 is 0 Å². The third-order valence-corrected chi connectivity index (χ3v) is 3.06. The Bertz CT molecular complexity index is 558. The van der Waals surface area contributed by atoms with Crippen molar-refractivity contribution in [3.63, 3.8) is 0 Å². The van der Waals surface area contributed by atoms with Gasteiger partial charge in [0.1, 0.15) is 12.0 Å². The topological polar surface area (TPSA) is 112 Å². The first-order valence-corrected chi connectivity index (χ1v) is 6.13. The van der Waals surface area contributed by atoms with Crippen LogP contribution in [0.15, 0.2) is 12.3 Å². The number of morpholine rings is 1. The first kappa shape index (κ1) is 14.2. The fourth-order valence-corrected chi connectivity index (χ4v) is 2.10. The van der Waals surface area contributed by atoms with E-state index in [4.69, 9.17) is 10.5 Å². The van der Waals surface area contributed by atoms with Crippen LogP contribution in [-0.4, -0.2) is 46.0 Å². The Morgan fingerprint density at radius 1 is 1.60 bits per heavy atom. The average molecular weight is 280 g/mol. The van der Waals surface area contributed by atoms with Crippen molar-refractivity contribution in [2.24, 2.45) is 0 Å². The zero-order chi connectivity index (χ0) is 14.9. The molecule has 2 rings (SSSR count).